The van der Waals surface area contributed by atoms with E-state index >= 15 is 0 Å². The van der Waals surface area contributed by atoms with E-state index < -0.39 is 0 Å². The molecule has 0 atom stereocenters. The van der Waals surface area contributed by atoms with Crippen molar-refractivity contribution < 1.29 is 4.42 Å². The number of nitrogens with zero attached hydrogens (tertiary/aromatic N) is 1. The van der Waals surface area contributed by atoms with E-state index in [0.29, 0.717) is 0 Å². The summed E-state index contributed by atoms with van der Waals surface area (Å²) in [5, 5.41) is 2.26. The first-order valence-corrected chi connectivity index (χ1v) is 8.74. The molecule has 5 aromatic rings. The zero-order valence-corrected chi connectivity index (χ0v) is 14.4. The summed E-state index contributed by atoms with van der Waals surface area (Å²) in [5.41, 5.74) is 7.40. The molecule has 0 aliphatic carbocycles. The van der Waals surface area contributed by atoms with Crippen molar-refractivity contribution in [1.29, 1.82) is 0 Å². The number of aromatic nitrogens is 1. The van der Waals surface area contributed by atoms with Crippen LogP contribution in [-0.2, 0) is 0 Å². The van der Waals surface area contributed by atoms with E-state index in [1.54, 1.807) is 0 Å². The maximum Gasteiger partial charge on any atom is 0.144 e. The van der Waals surface area contributed by atoms with Crippen molar-refractivity contribution in [1.82, 2.24) is 4.98 Å². The molecule has 3 aromatic carbocycles. The Kier molecular flexibility index (Phi) is 3.36. The summed E-state index contributed by atoms with van der Waals surface area (Å²) in [5.74, 6) is 0. The van der Waals surface area contributed by atoms with Gasteiger partial charge in [-0.1, -0.05) is 54.6 Å². The van der Waals surface area contributed by atoms with Gasteiger partial charge in [-0.25, -0.2) is 0 Å². The Morgan fingerprint density at radius 3 is 2.42 bits per heavy atom. The molecule has 0 N–H and O–H groups in total. The van der Waals surface area contributed by atoms with Crippen LogP contribution in [0.1, 0.15) is 5.56 Å². The Morgan fingerprint density at radius 1 is 0.731 bits per heavy atom. The molecular formula is C24H17NO. The van der Waals surface area contributed by atoms with Gasteiger partial charge in [0, 0.05) is 22.5 Å². The van der Waals surface area contributed by atoms with Crippen LogP contribution >= 0.6 is 0 Å². The fraction of sp³-hybridized carbons (Fsp3) is 0.0417. The number of pyridine rings is 1. The van der Waals surface area contributed by atoms with Crippen LogP contribution in [0, 0.1) is 6.92 Å². The molecule has 0 bridgehead atoms. The molecule has 0 saturated heterocycles. The van der Waals surface area contributed by atoms with Crippen LogP contribution in [0.15, 0.2) is 89.5 Å². The number of rotatable bonds is 2. The third-order valence-electron chi connectivity index (χ3n) is 4.90. The number of benzene rings is 3. The van der Waals surface area contributed by atoms with Crippen molar-refractivity contribution in [3.63, 3.8) is 0 Å². The number of hydrogen-bond acceptors (Lipinski definition) is 2. The summed E-state index contributed by atoms with van der Waals surface area (Å²) in [6.07, 6.45) is 1.87. The second-order valence-electron chi connectivity index (χ2n) is 6.53. The van der Waals surface area contributed by atoms with E-state index in [-0.39, 0.29) is 0 Å². The minimum Gasteiger partial charge on any atom is -0.455 e. The summed E-state index contributed by atoms with van der Waals surface area (Å²) >= 11 is 0. The highest BCUT2D eigenvalue weighted by Crippen LogP contribution is 2.36. The average Bonchev–Trinajstić information content (AvgIpc) is 3.07. The number of aryl methyl sites for hydroxylation is 1. The topological polar surface area (TPSA) is 26.0 Å². The van der Waals surface area contributed by atoms with E-state index in [1.165, 1.54) is 16.7 Å². The molecule has 0 spiro atoms. The third kappa shape index (κ3) is 2.31. The fourth-order valence-electron chi connectivity index (χ4n) is 3.59. The second kappa shape index (κ2) is 5.85. The first kappa shape index (κ1) is 14.9. The van der Waals surface area contributed by atoms with Gasteiger partial charge in [0.2, 0.25) is 0 Å². The van der Waals surface area contributed by atoms with Crippen molar-refractivity contribution in [2.75, 3.05) is 0 Å². The zero-order valence-electron chi connectivity index (χ0n) is 14.4. The quantitative estimate of drug-likeness (QED) is 0.362. The van der Waals surface area contributed by atoms with Crippen LogP contribution < -0.4 is 0 Å². The van der Waals surface area contributed by atoms with Crippen LogP contribution in [0.25, 0.3) is 44.3 Å². The molecule has 2 aromatic heterocycles. The Morgan fingerprint density at radius 2 is 1.50 bits per heavy atom. The number of hydrogen-bond donors (Lipinski definition) is 0. The summed E-state index contributed by atoms with van der Waals surface area (Å²) in [6, 6.07) is 27.0. The Hall–Kier alpha value is -3.39. The predicted molar refractivity (Wildman–Crippen MR) is 107 cm³/mol. The Balaban J connectivity index is 1.74. The largest absolute Gasteiger partial charge is 0.455 e. The predicted octanol–water partition coefficient (Wildman–Crippen LogP) is 6.62. The highest BCUT2D eigenvalue weighted by atomic mass is 16.3. The minimum absolute atomic E-state index is 0.892. The summed E-state index contributed by atoms with van der Waals surface area (Å²) < 4.78 is 6.17. The number of fused-ring (bicyclic) bond motifs is 3. The first-order valence-electron chi connectivity index (χ1n) is 8.74. The van der Waals surface area contributed by atoms with E-state index in [9.17, 15) is 0 Å². The molecule has 0 aliphatic heterocycles. The van der Waals surface area contributed by atoms with Crippen molar-refractivity contribution in [3.8, 4) is 22.4 Å². The van der Waals surface area contributed by atoms with Gasteiger partial charge < -0.3 is 4.42 Å². The standard InChI is InChI=1S/C24H17NO/c1-16-7-2-3-8-18(16)17-13-14-25-22(15-17)21-11-6-10-20-19-9-4-5-12-23(19)26-24(20)21/h2-15H,1H3. The van der Waals surface area contributed by atoms with E-state index in [0.717, 1.165) is 33.2 Å². The van der Waals surface area contributed by atoms with E-state index in [2.05, 4.69) is 72.6 Å². The summed E-state index contributed by atoms with van der Waals surface area (Å²) in [4.78, 5) is 4.63. The van der Waals surface area contributed by atoms with Crippen molar-refractivity contribution in [2.45, 2.75) is 6.92 Å². The maximum absolute atomic E-state index is 6.17. The molecule has 0 fully saturated rings. The monoisotopic (exact) mass is 335 g/mol. The first-order chi connectivity index (χ1) is 12.8. The lowest BCUT2D eigenvalue weighted by molar-refractivity contribution is 0.670. The second-order valence-corrected chi connectivity index (χ2v) is 6.53. The van der Waals surface area contributed by atoms with Gasteiger partial charge in [-0.15, -0.1) is 0 Å². The summed E-state index contributed by atoms with van der Waals surface area (Å²) in [6.45, 7) is 2.13. The highest BCUT2D eigenvalue weighted by Gasteiger charge is 2.13. The smallest absolute Gasteiger partial charge is 0.144 e. The molecule has 0 saturated carbocycles. The lowest BCUT2D eigenvalue weighted by Gasteiger charge is -2.08. The molecule has 2 nitrogen and oxygen atoms in total. The van der Waals surface area contributed by atoms with Gasteiger partial charge in [-0.2, -0.15) is 0 Å². The zero-order chi connectivity index (χ0) is 17.5. The maximum atomic E-state index is 6.17. The van der Waals surface area contributed by atoms with Gasteiger partial charge in [-0.3, -0.25) is 4.98 Å². The molecular weight excluding hydrogens is 318 g/mol. The molecule has 2 heteroatoms. The molecule has 2 heterocycles. The van der Waals surface area contributed by atoms with Crippen molar-refractivity contribution in [3.05, 3.63) is 90.6 Å². The minimum atomic E-state index is 0.892. The van der Waals surface area contributed by atoms with Gasteiger partial charge in [0.15, 0.2) is 0 Å². The number of para-hydroxylation sites is 2. The fourth-order valence-corrected chi connectivity index (χ4v) is 3.59. The SMILES string of the molecule is Cc1ccccc1-c1ccnc(-c2cccc3c2oc2ccccc23)c1. The Labute approximate surface area is 151 Å². The van der Waals surface area contributed by atoms with Gasteiger partial charge >= 0.3 is 0 Å². The highest BCUT2D eigenvalue weighted by molar-refractivity contribution is 6.09. The summed E-state index contributed by atoms with van der Waals surface area (Å²) in [7, 11) is 0. The molecule has 0 aliphatic rings. The van der Waals surface area contributed by atoms with E-state index in [1.807, 2.05) is 24.4 Å². The molecule has 124 valence electrons. The average molecular weight is 335 g/mol. The Bertz CT molecular complexity index is 1250. The van der Waals surface area contributed by atoms with Gasteiger partial charge in [0.1, 0.15) is 11.2 Å². The lowest BCUT2D eigenvalue weighted by atomic mass is 9.99. The third-order valence-corrected chi connectivity index (χ3v) is 4.90. The van der Waals surface area contributed by atoms with Crippen LogP contribution in [0.3, 0.4) is 0 Å². The van der Waals surface area contributed by atoms with Crippen molar-refractivity contribution in [2.24, 2.45) is 0 Å². The van der Waals surface area contributed by atoms with Crippen LogP contribution in [0.2, 0.25) is 0 Å². The molecule has 5 rings (SSSR count). The van der Waals surface area contributed by atoms with Gasteiger partial charge in [0.05, 0.1) is 5.69 Å². The lowest BCUT2D eigenvalue weighted by Crippen LogP contribution is -1.87. The van der Waals surface area contributed by atoms with Gasteiger partial charge in [-0.05, 0) is 47.9 Å². The van der Waals surface area contributed by atoms with Gasteiger partial charge in [0.25, 0.3) is 0 Å². The molecule has 0 amide bonds. The van der Waals surface area contributed by atoms with Crippen LogP contribution in [0.5, 0.6) is 0 Å². The van der Waals surface area contributed by atoms with Crippen molar-refractivity contribution >= 4 is 21.9 Å². The van der Waals surface area contributed by atoms with Crippen LogP contribution in [-0.4, -0.2) is 4.98 Å². The molecule has 0 radical (unpaired) electrons. The van der Waals surface area contributed by atoms with Crippen LogP contribution in [0.4, 0.5) is 0 Å². The number of furan rings is 1. The normalized spacial score (nSPS) is 11.3. The molecule has 0 unspecified atom stereocenters. The molecule has 26 heavy (non-hydrogen) atoms. The van der Waals surface area contributed by atoms with E-state index in [4.69, 9.17) is 4.42 Å².